The summed E-state index contributed by atoms with van der Waals surface area (Å²) in [6, 6.07) is 15.7. The summed E-state index contributed by atoms with van der Waals surface area (Å²) in [5, 5.41) is 3.21. The molecule has 2 aromatic carbocycles. The maximum absolute atomic E-state index is 12.8. The summed E-state index contributed by atoms with van der Waals surface area (Å²) >= 11 is 11.7. The lowest BCUT2D eigenvalue weighted by molar-refractivity contribution is -0.122. The van der Waals surface area contributed by atoms with Gasteiger partial charge in [0.2, 0.25) is 0 Å². The highest BCUT2D eigenvalue weighted by atomic mass is 35.5. The van der Waals surface area contributed by atoms with Crippen LogP contribution in [0.1, 0.15) is 5.76 Å². The number of furan rings is 1. The molecule has 0 unspecified atom stereocenters. The van der Waals surface area contributed by atoms with Crippen molar-refractivity contribution >= 4 is 52.8 Å². The number of carbonyl (C=O) groups excluding carboxylic acids is 3. The van der Waals surface area contributed by atoms with Crippen LogP contribution in [-0.4, -0.2) is 17.8 Å². The Hall–Kier alpha value is -3.35. The van der Waals surface area contributed by atoms with Crippen molar-refractivity contribution in [3.8, 4) is 11.3 Å². The number of nitrogens with one attached hydrogen (secondary N) is 1. The van der Waals surface area contributed by atoms with Gasteiger partial charge in [-0.1, -0.05) is 23.2 Å². The SMILES string of the molecule is O=C1NC(=O)N(c2ccc(Cl)cc2)C(=O)C1=Cc1ccc(-c2ccc(Cl)cc2)o1. The van der Waals surface area contributed by atoms with Gasteiger partial charge < -0.3 is 4.42 Å². The maximum atomic E-state index is 12.8. The maximum Gasteiger partial charge on any atom is 0.335 e. The standard InChI is InChI=1S/C21H12Cl2N2O4/c22-13-3-1-12(2-4-13)18-10-9-16(29-18)11-17-19(26)24-21(28)25(20(17)27)15-7-5-14(23)6-8-15/h1-11H,(H,24,26,28). The third-order valence-electron chi connectivity index (χ3n) is 4.23. The molecule has 4 rings (SSSR count). The smallest absolute Gasteiger partial charge is 0.335 e. The number of urea groups is 1. The van der Waals surface area contributed by atoms with Crippen LogP contribution in [0.4, 0.5) is 10.5 Å². The fourth-order valence-corrected chi connectivity index (χ4v) is 3.08. The summed E-state index contributed by atoms with van der Waals surface area (Å²) in [6.07, 6.45) is 1.30. The van der Waals surface area contributed by atoms with Crippen molar-refractivity contribution < 1.29 is 18.8 Å². The van der Waals surface area contributed by atoms with E-state index in [1.807, 2.05) is 0 Å². The van der Waals surface area contributed by atoms with Gasteiger partial charge in [0.15, 0.2) is 0 Å². The van der Waals surface area contributed by atoms with E-state index in [1.165, 1.54) is 18.2 Å². The van der Waals surface area contributed by atoms with Crippen molar-refractivity contribution in [3.05, 3.63) is 82.0 Å². The van der Waals surface area contributed by atoms with Crippen LogP contribution in [0.15, 0.2) is 70.7 Å². The number of rotatable bonds is 3. The number of benzene rings is 2. The van der Waals surface area contributed by atoms with Gasteiger partial charge in [0, 0.05) is 15.6 Å². The van der Waals surface area contributed by atoms with Gasteiger partial charge in [0.25, 0.3) is 11.8 Å². The molecule has 1 saturated heterocycles. The minimum Gasteiger partial charge on any atom is -0.457 e. The molecule has 29 heavy (non-hydrogen) atoms. The number of hydrogen-bond acceptors (Lipinski definition) is 4. The molecule has 144 valence electrons. The molecule has 1 aromatic heterocycles. The number of carbonyl (C=O) groups is 3. The van der Waals surface area contributed by atoms with Gasteiger partial charge in [-0.3, -0.25) is 14.9 Å². The average Bonchev–Trinajstić information content (AvgIpc) is 3.16. The molecule has 0 atom stereocenters. The van der Waals surface area contributed by atoms with E-state index in [9.17, 15) is 14.4 Å². The molecule has 1 N–H and O–H groups in total. The number of barbiturate groups is 1. The number of nitrogens with zero attached hydrogens (tertiary/aromatic N) is 1. The molecule has 0 saturated carbocycles. The van der Waals surface area contributed by atoms with E-state index in [0.717, 1.165) is 10.5 Å². The second-order valence-electron chi connectivity index (χ2n) is 6.14. The van der Waals surface area contributed by atoms with E-state index in [-0.39, 0.29) is 11.3 Å². The number of halogens is 2. The molecule has 1 aliphatic heterocycles. The monoisotopic (exact) mass is 426 g/mol. The summed E-state index contributed by atoms with van der Waals surface area (Å²) in [5.74, 6) is -0.721. The number of amides is 4. The second kappa shape index (κ2) is 7.58. The van der Waals surface area contributed by atoms with Crippen molar-refractivity contribution in [2.45, 2.75) is 0 Å². The third kappa shape index (κ3) is 3.81. The van der Waals surface area contributed by atoms with Crippen LogP contribution in [0.3, 0.4) is 0 Å². The Morgan fingerprint density at radius 2 is 1.45 bits per heavy atom. The van der Waals surface area contributed by atoms with Crippen molar-refractivity contribution in [1.82, 2.24) is 5.32 Å². The fraction of sp³-hybridized carbons (Fsp3) is 0. The van der Waals surface area contributed by atoms with E-state index in [2.05, 4.69) is 5.32 Å². The Bertz CT molecular complexity index is 1150. The van der Waals surface area contributed by atoms with E-state index >= 15 is 0 Å². The lowest BCUT2D eigenvalue weighted by Gasteiger charge is -2.26. The lowest BCUT2D eigenvalue weighted by Crippen LogP contribution is -2.54. The van der Waals surface area contributed by atoms with Crippen molar-refractivity contribution in [2.75, 3.05) is 4.90 Å². The number of imide groups is 2. The van der Waals surface area contributed by atoms with E-state index in [4.69, 9.17) is 27.6 Å². The van der Waals surface area contributed by atoms with Gasteiger partial charge in [-0.2, -0.15) is 0 Å². The molecular weight excluding hydrogens is 415 g/mol. The molecule has 0 aliphatic carbocycles. The molecular formula is C21H12Cl2N2O4. The summed E-state index contributed by atoms with van der Waals surface area (Å²) in [4.78, 5) is 38.1. The third-order valence-corrected chi connectivity index (χ3v) is 4.73. The van der Waals surface area contributed by atoms with Gasteiger partial charge in [0.05, 0.1) is 5.69 Å². The zero-order valence-corrected chi connectivity index (χ0v) is 16.2. The predicted molar refractivity (Wildman–Crippen MR) is 110 cm³/mol. The molecule has 3 aromatic rings. The Labute approximate surface area is 175 Å². The van der Waals surface area contributed by atoms with Gasteiger partial charge in [-0.15, -0.1) is 0 Å². The molecule has 0 spiro atoms. The van der Waals surface area contributed by atoms with Crippen molar-refractivity contribution in [3.63, 3.8) is 0 Å². The van der Waals surface area contributed by atoms with Crippen LogP contribution >= 0.6 is 23.2 Å². The van der Waals surface area contributed by atoms with Gasteiger partial charge in [-0.05, 0) is 66.7 Å². The number of anilines is 1. The first-order valence-electron chi connectivity index (χ1n) is 8.45. The van der Waals surface area contributed by atoms with Crippen LogP contribution in [0.25, 0.3) is 17.4 Å². The van der Waals surface area contributed by atoms with Gasteiger partial charge in [0.1, 0.15) is 17.1 Å². The molecule has 1 aliphatic rings. The second-order valence-corrected chi connectivity index (χ2v) is 7.02. The summed E-state index contributed by atoms with van der Waals surface area (Å²) < 4.78 is 5.72. The van der Waals surface area contributed by atoms with Crippen molar-refractivity contribution in [1.29, 1.82) is 0 Å². The fourth-order valence-electron chi connectivity index (χ4n) is 2.82. The van der Waals surface area contributed by atoms with Gasteiger partial charge >= 0.3 is 6.03 Å². The molecule has 0 bridgehead atoms. The Balaban J connectivity index is 1.66. The van der Waals surface area contributed by atoms with Crippen molar-refractivity contribution in [2.24, 2.45) is 0 Å². The molecule has 0 radical (unpaired) electrons. The van der Waals surface area contributed by atoms with E-state index in [1.54, 1.807) is 48.5 Å². The molecule has 1 fully saturated rings. The van der Waals surface area contributed by atoms with Crippen LogP contribution in [-0.2, 0) is 9.59 Å². The Morgan fingerprint density at radius 3 is 2.10 bits per heavy atom. The zero-order valence-electron chi connectivity index (χ0n) is 14.7. The first-order chi connectivity index (χ1) is 13.9. The van der Waals surface area contributed by atoms with Crippen LogP contribution in [0.2, 0.25) is 10.0 Å². The highest BCUT2D eigenvalue weighted by Crippen LogP contribution is 2.27. The Morgan fingerprint density at radius 1 is 0.828 bits per heavy atom. The lowest BCUT2D eigenvalue weighted by atomic mass is 10.1. The average molecular weight is 427 g/mol. The quantitative estimate of drug-likeness (QED) is 0.476. The highest BCUT2D eigenvalue weighted by Gasteiger charge is 2.37. The number of hydrogen-bond donors (Lipinski definition) is 1. The minimum absolute atomic E-state index is 0.225. The highest BCUT2D eigenvalue weighted by molar-refractivity contribution is 6.39. The largest absolute Gasteiger partial charge is 0.457 e. The minimum atomic E-state index is -0.833. The van der Waals surface area contributed by atoms with E-state index in [0.29, 0.717) is 21.6 Å². The first kappa shape index (κ1) is 19.0. The summed E-state index contributed by atoms with van der Waals surface area (Å²) in [5.41, 5.74) is 0.851. The summed E-state index contributed by atoms with van der Waals surface area (Å²) in [6.45, 7) is 0. The van der Waals surface area contributed by atoms with Crippen LogP contribution in [0.5, 0.6) is 0 Å². The topological polar surface area (TPSA) is 79.6 Å². The molecule has 4 amide bonds. The first-order valence-corrected chi connectivity index (χ1v) is 9.21. The van der Waals surface area contributed by atoms with Crippen LogP contribution in [0, 0.1) is 0 Å². The molecule has 2 heterocycles. The summed E-state index contributed by atoms with van der Waals surface area (Å²) in [7, 11) is 0. The Kier molecular flexibility index (Phi) is 4.96. The van der Waals surface area contributed by atoms with Crippen LogP contribution < -0.4 is 10.2 Å². The zero-order chi connectivity index (χ0) is 20.5. The molecule has 8 heteroatoms. The molecule has 6 nitrogen and oxygen atoms in total. The normalized spacial score (nSPS) is 15.7. The van der Waals surface area contributed by atoms with E-state index < -0.39 is 17.8 Å². The predicted octanol–water partition coefficient (Wildman–Crippen LogP) is 4.92. The van der Waals surface area contributed by atoms with Gasteiger partial charge in [-0.25, -0.2) is 9.69 Å².